The van der Waals surface area contributed by atoms with Gasteiger partial charge in [0.1, 0.15) is 17.0 Å². The summed E-state index contributed by atoms with van der Waals surface area (Å²) in [6.07, 6.45) is -0.484. The monoisotopic (exact) mass is 553 g/mol. The lowest BCUT2D eigenvalue weighted by molar-refractivity contribution is -0.123. The van der Waals surface area contributed by atoms with Crippen molar-refractivity contribution in [1.29, 1.82) is 5.26 Å². The van der Waals surface area contributed by atoms with E-state index in [0.717, 1.165) is 12.1 Å². The second kappa shape index (κ2) is 11.6. The number of amides is 1. The molecule has 0 radical (unpaired) electrons. The first kappa shape index (κ1) is 29.3. The normalized spacial score (nSPS) is 24.5. The highest BCUT2D eigenvalue weighted by Gasteiger charge is 2.60. The van der Waals surface area contributed by atoms with Crippen molar-refractivity contribution in [2.75, 3.05) is 13.2 Å². The molecule has 0 aliphatic carbocycles. The van der Waals surface area contributed by atoms with Crippen LogP contribution in [0.2, 0.25) is 10.0 Å². The number of rotatable bonds is 8. The molecule has 0 bridgehead atoms. The van der Waals surface area contributed by atoms with Gasteiger partial charge in [-0.05, 0) is 48.1 Å². The second-order valence-corrected chi connectivity index (χ2v) is 11.5. The van der Waals surface area contributed by atoms with Crippen LogP contribution in [0.15, 0.2) is 36.4 Å². The molecule has 10 heteroatoms. The van der Waals surface area contributed by atoms with Gasteiger partial charge in [-0.2, -0.15) is 5.26 Å². The van der Waals surface area contributed by atoms with Crippen molar-refractivity contribution in [3.05, 3.63) is 69.2 Å². The Balaban J connectivity index is 2.21. The van der Waals surface area contributed by atoms with Gasteiger partial charge in [-0.25, -0.2) is 8.78 Å². The van der Waals surface area contributed by atoms with Crippen molar-refractivity contribution in [3.8, 4) is 6.07 Å². The summed E-state index contributed by atoms with van der Waals surface area (Å²) < 4.78 is 29.6. The molecule has 4 N–H and O–H groups in total. The van der Waals surface area contributed by atoms with Crippen LogP contribution in [-0.4, -0.2) is 47.5 Å². The van der Waals surface area contributed by atoms with Gasteiger partial charge in [0.25, 0.3) is 0 Å². The molecule has 37 heavy (non-hydrogen) atoms. The van der Waals surface area contributed by atoms with Crippen LogP contribution < -0.4 is 10.6 Å². The first-order valence-corrected chi connectivity index (χ1v) is 12.7. The molecule has 1 saturated heterocycles. The largest absolute Gasteiger partial charge is 0.394 e. The third-order valence-electron chi connectivity index (χ3n) is 6.71. The lowest BCUT2D eigenvalue weighted by atomic mass is 9.62. The van der Waals surface area contributed by atoms with Crippen molar-refractivity contribution in [1.82, 2.24) is 10.6 Å². The van der Waals surface area contributed by atoms with Gasteiger partial charge in [0.15, 0.2) is 0 Å². The van der Waals surface area contributed by atoms with E-state index in [1.807, 2.05) is 20.8 Å². The predicted molar refractivity (Wildman–Crippen MR) is 138 cm³/mol. The van der Waals surface area contributed by atoms with E-state index in [1.165, 1.54) is 24.3 Å². The van der Waals surface area contributed by atoms with E-state index >= 15 is 4.39 Å². The van der Waals surface area contributed by atoms with Crippen molar-refractivity contribution in [2.24, 2.45) is 5.41 Å². The number of carbonyl (C=O) groups is 1. The number of carbonyl (C=O) groups excluding carboxylic acids is 1. The minimum atomic E-state index is -1.59. The van der Waals surface area contributed by atoms with Crippen LogP contribution in [0.5, 0.6) is 0 Å². The van der Waals surface area contributed by atoms with E-state index in [-0.39, 0.29) is 34.0 Å². The van der Waals surface area contributed by atoms with Crippen LogP contribution in [0.4, 0.5) is 8.78 Å². The van der Waals surface area contributed by atoms with Gasteiger partial charge in [-0.1, -0.05) is 56.1 Å². The Morgan fingerprint density at radius 2 is 1.92 bits per heavy atom. The zero-order chi connectivity index (χ0) is 27.5. The first-order valence-electron chi connectivity index (χ1n) is 12.0. The van der Waals surface area contributed by atoms with Crippen LogP contribution in [0.3, 0.4) is 0 Å². The number of benzene rings is 2. The van der Waals surface area contributed by atoms with E-state index < -0.39 is 53.7 Å². The summed E-state index contributed by atoms with van der Waals surface area (Å²) in [5, 5.41) is 35.5. The van der Waals surface area contributed by atoms with Crippen LogP contribution in [0.25, 0.3) is 0 Å². The summed E-state index contributed by atoms with van der Waals surface area (Å²) in [5.74, 6) is -2.80. The number of aliphatic hydroxyl groups excluding tert-OH is 2. The average Bonchev–Trinajstić information content (AvgIpc) is 3.13. The lowest BCUT2D eigenvalue weighted by Crippen LogP contribution is -2.46. The topological polar surface area (TPSA) is 105 Å². The Labute approximate surface area is 225 Å². The summed E-state index contributed by atoms with van der Waals surface area (Å²) in [7, 11) is 0. The molecule has 1 fully saturated rings. The third kappa shape index (κ3) is 6.24. The molecule has 1 heterocycles. The van der Waals surface area contributed by atoms with Crippen LogP contribution in [-0.2, 0) is 10.2 Å². The fourth-order valence-corrected chi connectivity index (χ4v) is 5.44. The summed E-state index contributed by atoms with van der Waals surface area (Å²) in [5.41, 5.74) is -1.45. The Bertz CT molecular complexity index is 1180. The number of nitriles is 1. The van der Waals surface area contributed by atoms with Gasteiger partial charge >= 0.3 is 0 Å². The van der Waals surface area contributed by atoms with Gasteiger partial charge in [-0.3, -0.25) is 4.79 Å². The number of hydrogen-bond acceptors (Lipinski definition) is 5. The maximum atomic E-state index is 15.5. The fourth-order valence-electron chi connectivity index (χ4n) is 5.10. The Hall–Kier alpha value is -2.28. The van der Waals surface area contributed by atoms with Gasteiger partial charge in [0.2, 0.25) is 5.91 Å². The molecule has 0 spiro atoms. The SMILES string of the molecule is CC(C)(C)CC1NC(C(=O)NCC[C@H](O)CO)C(c2ccc(F)c(Cl)c2)C1(C#N)c1ccc(Cl)cc1F. The predicted octanol–water partition coefficient (Wildman–Crippen LogP) is 4.45. The van der Waals surface area contributed by atoms with Crippen LogP contribution in [0.1, 0.15) is 50.7 Å². The molecule has 2 aromatic carbocycles. The van der Waals surface area contributed by atoms with Gasteiger partial charge < -0.3 is 20.8 Å². The molecule has 0 saturated carbocycles. The minimum Gasteiger partial charge on any atom is -0.394 e. The molecule has 2 aromatic rings. The third-order valence-corrected chi connectivity index (χ3v) is 7.23. The quantitative estimate of drug-likeness (QED) is 0.386. The van der Waals surface area contributed by atoms with E-state index in [1.54, 1.807) is 0 Å². The van der Waals surface area contributed by atoms with E-state index in [0.29, 0.717) is 12.0 Å². The highest BCUT2D eigenvalue weighted by atomic mass is 35.5. The fraction of sp³-hybridized carbons (Fsp3) is 0.481. The first-order chi connectivity index (χ1) is 17.3. The average molecular weight is 554 g/mol. The lowest BCUT2D eigenvalue weighted by Gasteiger charge is -2.37. The minimum absolute atomic E-state index is 0.0639. The number of nitrogens with one attached hydrogen (secondary N) is 2. The van der Waals surface area contributed by atoms with Gasteiger partial charge in [0.05, 0.1) is 29.8 Å². The Kier molecular flexibility index (Phi) is 9.20. The molecular weight excluding hydrogens is 523 g/mol. The van der Waals surface area contributed by atoms with E-state index in [4.69, 9.17) is 28.3 Å². The molecule has 6 nitrogen and oxygen atoms in total. The number of halogens is 4. The molecular formula is C27H31Cl2F2N3O3. The van der Waals surface area contributed by atoms with Gasteiger partial charge in [0, 0.05) is 29.1 Å². The number of nitrogens with zero attached hydrogens (tertiary/aromatic N) is 1. The molecule has 1 aliphatic heterocycles. The Morgan fingerprint density at radius 1 is 1.22 bits per heavy atom. The molecule has 200 valence electrons. The molecule has 1 aliphatic rings. The van der Waals surface area contributed by atoms with Crippen molar-refractivity contribution in [3.63, 3.8) is 0 Å². The highest BCUT2D eigenvalue weighted by Crippen LogP contribution is 2.52. The standard InChI is InChI=1S/C27H31Cl2F2N3O3/c1-26(2,3)12-22-27(14-32,18-6-5-16(28)11-21(18)31)23(15-4-7-20(30)19(29)10-15)24(34-22)25(37)33-9-8-17(36)13-35/h4-7,10-11,17,22-24,34-36H,8-9,12-13H2,1-3H3,(H,33,37)/t17-,22?,23?,24?,27?/m0/s1. The number of hydrogen-bond donors (Lipinski definition) is 4. The highest BCUT2D eigenvalue weighted by molar-refractivity contribution is 6.31. The zero-order valence-electron chi connectivity index (χ0n) is 20.9. The van der Waals surface area contributed by atoms with Crippen molar-refractivity contribution >= 4 is 29.1 Å². The summed E-state index contributed by atoms with van der Waals surface area (Å²) >= 11 is 12.1. The zero-order valence-corrected chi connectivity index (χ0v) is 22.4. The molecule has 1 amide bonds. The van der Waals surface area contributed by atoms with Crippen LogP contribution >= 0.6 is 23.2 Å². The molecule has 5 atom stereocenters. The molecule has 4 unspecified atom stereocenters. The second-order valence-electron chi connectivity index (χ2n) is 10.6. The summed E-state index contributed by atoms with van der Waals surface area (Å²) in [6.45, 7) is 5.54. The van der Waals surface area contributed by atoms with Gasteiger partial charge in [-0.15, -0.1) is 0 Å². The smallest absolute Gasteiger partial charge is 0.237 e. The maximum Gasteiger partial charge on any atom is 0.237 e. The molecule has 3 rings (SSSR count). The van der Waals surface area contributed by atoms with Crippen molar-refractivity contribution in [2.45, 2.75) is 63.1 Å². The number of aliphatic hydroxyl groups is 2. The summed E-state index contributed by atoms with van der Waals surface area (Å²) in [4.78, 5) is 13.5. The molecule has 0 aromatic heterocycles. The van der Waals surface area contributed by atoms with E-state index in [9.17, 15) is 19.6 Å². The summed E-state index contributed by atoms with van der Waals surface area (Å²) in [6, 6.07) is 8.68. The maximum absolute atomic E-state index is 15.5. The van der Waals surface area contributed by atoms with Crippen molar-refractivity contribution < 1.29 is 23.8 Å². The van der Waals surface area contributed by atoms with Crippen LogP contribution in [0, 0.1) is 28.4 Å². The van der Waals surface area contributed by atoms with E-state index in [2.05, 4.69) is 16.7 Å². The Morgan fingerprint density at radius 3 is 2.49 bits per heavy atom.